The van der Waals surface area contributed by atoms with Crippen molar-refractivity contribution in [2.24, 2.45) is 0 Å². The molecule has 0 radical (unpaired) electrons. The van der Waals surface area contributed by atoms with Gasteiger partial charge in [0.25, 0.3) is 11.8 Å². The largest absolute Gasteiger partial charge is 0.497 e. The maximum Gasteiger partial charge on any atom is 0.291 e. The number of anilines is 1. The van der Waals surface area contributed by atoms with Gasteiger partial charge in [0.2, 0.25) is 0 Å². The van der Waals surface area contributed by atoms with Crippen molar-refractivity contribution in [1.82, 2.24) is 10.2 Å². The molecule has 1 unspecified atom stereocenters. The van der Waals surface area contributed by atoms with Crippen molar-refractivity contribution >= 4 is 28.2 Å². The van der Waals surface area contributed by atoms with Gasteiger partial charge < -0.3 is 24.5 Å². The van der Waals surface area contributed by atoms with Gasteiger partial charge in [-0.2, -0.15) is 0 Å². The van der Waals surface area contributed by atoms with Crippen LogP contribution >= 0.6 is 11.3 Å². The Balaban J connectivity index is 1.40. The summed E-state index contributed by atoms with van der Waals surface area (Å²) >= 11 is 1.22. The topological polar surface area (TPSA) is 93.0 Å². The van der Waals surface area contributed by atoms with Crippen molar-refractivity contribution in [3.05, 3.63) is 71.0 Å². The van der Waals surface area contributed by atoms with Crippen molar-refractivity contribution in [3.63, 3.8) is 0 Å². The number of benzene rings is 1. The minimum absolute atomic E-state index is 0.0202. The molecule has 1 fully saturated rings. The molecule has 0 saturated carbocycles. The number of rotatable bonds is 8. The van der Waals surface area contributed by atoms with Gasteiger partial charge in [-0.15, -0.1) is 11.3 Å². The molecule has 168 valence electrons. The summed E-state index contributed by atoms with van der Waals surface area (Å²) in [7, 11) is 1.64. The Kier molecular flexibility index (Phi) is 7.21. The number of nitrogens with zero attached hydrogens (tertiary/aromatic N) is 1. The first-order valence-electron chi connectivity index (χ1n) is 10.3. The van der Waals surface area contributed by atoms with E-state index in [0.717, 1.165) is 24.4 Å². The molecule has 1 aromatic carbocycles. The molecule has 0 aliphatic carbocycles. The van der Waals surface area contributed by atoms with Gasteiger partial charge in [-0.05, 0) is 42.0 Å². The fourth-order valence-corrected chi connectivity index (χ4v) is 4.38. The van der Waals surface area contributed by atoms with Crippen LogP contribution in [0.4, 0.5) is 5.00 Å². The number of hydrogen-bond donors (Lipinski definition) is 2. The van der Waals surface area contributed by atoms with Crippen LogP contribution in [-0.4, -0.2) is 56.7 Å². The zero-order valence-corrected chi connectivity index (χ0v) is 18.5. The van der Waals surface area contributed by atoms with Gasteiger partial charge in [0, 0.05) is 19.6 Å². The van der Waals surface area contributed by atoms with E-state index in [9.17, 15) is 9.59 Å². The number of amides is 2. The van der Waals surface area contributed by atoms with Gasteiger partial charge in [0.15, 0.2) is 5.76 Å². The second-order valence-electron chi connectivity index (χ2n) is 7.24. The van der Waals surface area contributed by atoms with Crippen LogP contribution in [0.5, 0.6) is 5.75 Å². The van der Waals surface area contributed by atoms with E-state index in [2.05, 4.69) is 15.5 Å². The number of carbonyl (C=O) groups excluding carboxylic acids is 2. The van der Waals surface area contributed by atoms with Crippen molar-refractivity contribution in [2.75, 3.05) is 45.3 Å². The van der Waals surface area contributed by atoms with E-state index in [0.29, 0.717) is 29.6 Å². The number of morpholine rings is 1. The normalized spacial score (nSPS) is 15.2. The van der Waals surface area contributed by atoms with Crippen molar-refractivity contribution in [3.8, 4) is 5.75 Å². The first-order chi connectivity index (χ1) is 15.6. The molecule has 1 aliphatic rings. The lowest BCUT2D eigenvalue weighted by molar-refractivity contribution is 0.0162. The molecule has 4 rings (SSSR count). The van der Waals surface area contributed by atoms with Crippen LogP contribution in [0.25, 0.3) is 0 Å². The SMILES string of the molecule is COc1ccc(C(CNC(=O)c2ccc(NC(=O)c3ccco3)s2)N2CCOCC2)cc1. The summed E-state index contributed by atoms with van der Waals surface area (Å²) in [5, 5.41) is 6.37. The van der Waals surface area contributed by atoms with E-state index in [1.165, 1.54) is 17.6 Å². The molecule has 0 bridgehead atoms. The number of nitrogens with one attached hydrogen (secondary N) is 2. The summed E-state index contributed by atoms with van der Waals surface area (Å²) in [5.74, 6) is 0.481. The predicted octanol–water partition coefficient (Wildman–Crippen LogP) is 3.41. The van der Waals surface area contributed by atoms with Gasteiger partial charge in [0.05, 0.1) is 42.5 Å². The highest BCUT2D eigenvalue weighted by atomic mass is 32.1. The summed E-state index contributed by atoms with van der Waals surface area (Å²) in [6.45, 7) is 3.40. The number of methoxy groups -OCH3 is 1. The smallest absolute Gasteiger partial charge is 0.291 e. The lowest BCUT2D eigenvalue weighted by Crippen LogP contribution is -2.43. The van der Waals surface area contributed by atoms with E-state index in [1.807, 2.05) is 24.3 Å². The van der Waals surface area contributed by atoms with Crippen LogP contribution in [0.3, 0.4) is 0 Å². The molecule has 3 heterocycles. The maximum atomic E-state index is 12.8. The Labute approximate surface area is 190 Å². The number of hydrogen-bond acceptors (Lipinski definition) is 7. The van der Waals surface area contributed by atoms with E-state index >= 15 is 0 Å². The molecule has 1 aliphatic heterocycles. The Morgan fingerprint density at radius 3 is 2.56 bits per heavy atom. The molecule has 3 aromatic rings. The summed E-state index contributed by atoms with van der Waals surface area (Å²) in [4.78, 5) is 27.8. The fraction of sp³-hybridized carbons (Fsp3) is 0.304. The number of carbonyl (C=O) groups is 2. The number of ether oxygens (including phenoxy) is 2. The third-order valence-electron chi connectivity index (χ3n) is 5.25. The van der Waals surface area contributed by atoms with E-state index in [4.69, 9.17) is 13.9 Å². The van der Waals surface area contributed by atoms with Crippen molar-refractivity contribution in [2.45, 2.75) is 6.04 Å². The van der Waals surface area contributed by atoms with Gasteiger partial charge in [-0.3, -0.25) is 14.5 Å². The lowest BCUT2D eigenvalue weighted by atomic mass is 10.0. The van der Waals surface area contributed by atoms with E-state index in [-0.39, 0.29) is 23.6 Å². The van der Waals surface area contributed by atoms with Gasteiger partial charge >= 0.3 is 0 Å². The van der Waals surface area contributed by atoms with E-state index in [1.54, 1.807) is 31.4 Å². The summed E-state index contributed by atoms with van der Waals surface area (Å²) < 4.78 is 15.8. The van der Waals surface area contributed by atoms with Gasteiger partial charge in [-0.1, -0.05) is 12.1 Å². The highest BCUT2D eigenvalue weighted by molar-refractivity contribution is 7.18. The monoisotopic (exact) mass is 455 g/mol. The third-order valence-corrected chi connectivity index (χ3v) is 6.25. The highest BCUT2D eigenvalue weighted by Gasteiger charge is 2.24. The van der Waals surface area contributed by atoms with Crippen LogP contribution in [-0.2, 0) is 4.74 Å². The lowest BCUT2D eigenvalue weighted by Gasteiger charge is -2.35. The van der Waals surface area contributed by atoms with Crippen molar-refractivity contribution < 1.29 is 23.5 Å². The average Bonchev–Trinajstić information content (AvgIpc) is 3.53. The molecular weight excluding hydrogens is 430 g/mol. The molecule has 8 nitrogen and oxygen atoms in total. The summed E-state index contributed by atoms with van der Waals surface area (Å²) in [5.41, 5.74) is 1.10. The van der Waals surface area contributed by atoms with Gasteiger partial charge in [0.1, 0.15) is 5.75 Å². The average molecular weight is 456 g/mol. The van der Waals surface area contributed by atoms with Crippen LogP contribution in [0.1, 0.15) is 31.8 Å². The zero-order valence-electron chi connectivity index (χ0n) is 17.7. The molecule has 2 aromatic heterocycles. The molecule has 0 spiro atoms. The van der Waals surface area contributed by atoms with Crippen LogP contribution in [0.2, 0.25) is 0 Å². The van der Waals surface area contributed by atoms with E-state index < -0.39 is 0 Å². The molecule has 1 atom stereocenters. The summed E-state index contributed by atoms with van der Waals surface area (Å²) in [6.07, 6.45) is 1.44. The summed E-state index contributed by atoms with van der Waals surface area (Å²) in [6, 6.07) is 14.6. The van der Waals surface area contributed by atoms with Crippen LogP contribution < -0.4 is 15.4 Å². The molecule has 1 saturated heterocycles. The predicted molar refractivity (Wildman–Crippen MR) is 121 cm³/mol. The Hall–Kier alpha value is -3.14. The quantitative estimate of drug-likeness (QED) is 0.541. The molecule has 2 N–H and O–H groups in total. The third kappa shape index (κ3) is 5.37. The second-order valence-corrected chi connectivity index (χ2v) is 8.33. The molecule has 2 amide bonds. The zero-order chi connectivity index (χ0) is 22.3. The standard InChI is InChI=1S/C23H25N3O5S/c1-29-17-6-4-16(5-7-17)18(26-10-13-30-14-11-26)15-24-23(28)20-8-9-21(32-20)25-22(27)19-3-2-12-31-19/h2-9,12,18H,10-11,13-15H2,1H3,(H,24,28)(H,25,27). The minimum Gasteiger partial charge on any atom is -0.497 e. The number of thiophene rings is 1. The first-order valence-corrected chi connectivity index (χ1v) is 11.1. The molecular formula is C23H25N3O5S. The highest BCUT2D eigenvalue weighted by Crippen LogP contribution is 2.25. The maximum absolute atomic E-state index is 12.8. The first kappa shape index (κ1) is 22.1. The Morgan fingerprint density at radius 2 is 1.88 bits per heavy atom. The molecule has 32 heavy (non-hydrogen) atoms. The number of furan rings is 1. The Bertz CT molecular complexity index is 1030. The molecule has 9 heteroatoms. The second kappa shape index (κ2) is 10.4. The minimum atomic E-state index is -0.351. The van der Waals surface area contributed by atoms with Crippen LogP contribution in [0, 0.1) is 0 Å². The van der Waals surface area contributed by atoms with Crippen LogP contribution in [0.15, 0.2) is 59.2 Å². The van der Waals surface area contributed by atoms with Gasteiger partial charge in [-0.25, -0.2) is 0 Å². The Morgan fingerprint density at radius 1 is 1.09 bits per heavy atom. The van der Waals surface area contributed by atoms with Crippen molar-refractivity contribution in [1.29, 1.82) is 0 Å². The fourth-order valence-electron chi connectivity index (χ4n) is 3.56.